The van der Waals surface area contributed by atoms with Gasteiger partial charge in [-0.1, -0.05) is 13.8 Å². The molecule has 1 heterocycles. The van der Waals surface area contributed by atoms with E-state index >= 15 is 0 Å². The average molecular weight is 488 g/mol. The van der Waals surface area contributed by atoms with Gasteiger partial charge in [0, 0.05) is 24.7 Å². The minimum absolute atomic E-state index is 0.0116. The van der Waals surface area contributed by atoms with Gasteiger partial charge in [0.2, 0.25) is 0 Å². The zero-order valence-electron chi connectivity index (χ0n) is 20.3. The Labute approximate surface area is 206 Å². The summed E-state index contributed by atoms with van der Waals surface area (Å²) >= 11 is 5.56. The number of esters is 1. The molecule has 0 aromatic heterocycles. The van der Waals surface area contributed by atoms with Crippen LogP contribution in [0, 0.1) is 11.3 Å². The van der Waals surface area contributed by atoms with Gasteiger partial charge in [0.15, 0.2) is 5.11 Å². The molecule has 1 aliphatic carbocycles. The molecule has 2 aliphatic rings. The molecule has 3 rings (SSSR count). The third-order valence-electron chi connectivity index (χ3n) is 6.25. The van der Waals surface area contributed by atoms with E-state index < -0.39 is 5.92 Å². The van der Waals surface area contributed by atoms with Gasteiger partial charge in [0.1, 0.15) is 17.5 Å². The molecule has 1 aromatic carbocycles. The van der Waals surface area contributed by atoms with Gasteiger partial charge in [0.05, 0.1) is 51.4 Å². The summed E-state index contributed by atoms with van der Waals surface area (Å²) in [6.07, 6.45) is 2.44. The van der Waals surface area contributed by atoms with Crippen LogP contribution in [0.3, 0.4) is 0 Å². The number of ketones is 2. The monoisotopic (exact) mass is 487 g/mol. The molecule has 0 amide bonds. The number of hydrogen-bond acceptors (Lipinski definition) is 6. The first kappa shape index (κ1) is 26.0. The first-order valence-corrected chi connectivity index (χ1v) is 12.3. The number of rotatable bonds is 7. The van der Waals surface area contributed by atoms with E-state index in [0.29, 0.717) is 36.7 Å². The SMILES string of the molecule is CCOC(=O)c1ccc(NC(=S)N2CC[NH+](CCN=CC3C(=O)CC(C)(C)CC3=O)CC2)cc1. The Balaban J connectivity index is 1.38. The second kappa shape index (κ2) is 11.7. The lowest BCUT2D eigenvalue weighted by atomic mass is 9.72. The minimum atomic E-state index is -0.658. The van der Waals surface area contributed by atoms with Crippen molar-refractivity contribution >= 4 is 46.8 Å². The number of carbonyl (C=O) groups is 3. The van der Waals surface area contributed by atoms with Gasteiger partial charge in [0.25, 0.3) is 0 Å². The van der Waals surface area contributed by atoms with E-state index in [1.807, 2.05) is 26.0 Å². The van der Waals surface area contributed by atoms with Gasteiger partial charge < -0.3 is 19.9 Å². The number of quaternary nitrogens is 1. The largest absolute Gasteiger partial charge is 0.462 e. The molecule has 184 valence electrons. The van der Waals surface area contributed by atoms with Crippen LogP contribution >= 0.6 is 12.2 Å². The number of benzene rings is 1. The molecule has 1 aliphatic heterocycles. The highest BCUT2D eigenvalue weighted by atomic mass is 32.1. The zero-order valence-corrected chi connectivity index (χ0v) is 21.1. The lowest BCUT2D eigenvalue weighted by molar-refractivity contribution is -0.902. The average Bonchev–Trinajstić information content (AvgIpc) is 2.78. The number of aliphatic imine (C=N–C) groups is 1. The van der Waals surface area contributed by atoms with E-state index in [4.69, 9.17) is 17.0 Å². The summed E-state index contributed by atoms with van der Waals surface area (Å²) in [5, 5.41) is 3.90. The van der Waals surface area contributed by atoms with E-state index in [-0.39, 0.29) is 23.0 Å². The molecule has 8 nitrogen and oxygen atoms in total. The molecule has 0 bridgehead atoms. The minimum Gasteiger partial charge on any atom is -0.462 e. The van der Waals surface area contributed by atoms with Crippen molar-refractivity contribution in [3.63, 3.8) is 0 Å². The highest BCUT2D eigenvalue weighted by Crippen LogP contribution is 2.33. The summed E-state index contributed by atoms with van der Waals surface area (Å²) < 4.78 is 5.00. The molecular weight excluding hydrogens is 452 g/mol. The zero-order chi connectivity index (χ0) is 24.7. The van der Waals surface area contributed by atoms with Crippen molar-refractivity contribution in [3.05, 3.63) is 29.8 Å². The predicted octanol–water partition coefficient (Wildman–Crippen LogP) is 1.41. The quantitative estimate of drug-likeness (QED) is 0.260. The molecule has 1 aromatic rings. The Kier molecular flexibility index (Phi) is 8.90. The molecule has 0 spiro atoms. The molecule has 9 heteroatoms. The molecular formula is C25H35N4O4S+. The highest BCUT2D eigenvalue weighted by Gasteiger charge is 2.38. The van der Waals surface area contributed by atoms with Gasteiger partial charge in [-0.2, -0.15) is 0 Å². The maximum absolute atomic E-state index is 12.3. The van der Waals surface area contributed by atoms with Crippen LogP contribution in [0.4, 0.5) is 5.69 Å². The topological polar surface area (TPSA) is 92.5 Å². The van der Waals surface area contributed by atoms with Crippen LogP contribution in [-0.4, -0.2) is 79.6 Å². The first-order valence-electron chi connectivity index (χ1n) is 11.9. The standard InChI is InChI=1S/C25H34N4O4S/c1-4-33-23(32)18-5-7-19(8-6-18)27-24(34)29-13-11-28(12-14-29)10-9-26-17-20-21(30)15-25(2,3)16-22(20)31/h5-8,17,20H,4,9-16H2,1-3H3,(H,27,34)/p+1. The summed E-state index contributed by atoms with van der Waals surface area (Å²) in [6.45, 7) is 11.1. The van der Waals surface area contributed by atoms with E-state index in [9.17, 15) is 14.4 Å². The van der Waals surface area contributed by atoms with Gasteiger partial charge in [-0.15, -0.1) is 0 Å². The van der Waals surface area contributed by atoms with Gasteiger partial charge in [-0.3, -0.25) is 14.6 Å². The van der Waals surface area contributed by atoms with E-state index in [1.54, 1.807) is 25.3 Å². The van der Waals surface area contributed by atoms with Crippen LogP contribution in [0.2, 0.25) is 0 Å². The molecule has 0 radical (unpaired) electrons. The lowest BCUT2D eigenvalue weighted by Gasteiger charge is -2.33. The molecule has 0 unspecified atom stereocenters. The van der Waals surface area contributed by atoms with Crippen molar-refractivity contribution in [2.24, 2.45) is 16.3 Å². The second-order valence-corrected chi connectivity index (χ2v) is 10.1. The fraction of sp³-hybridized carbons (Fsp3) is 0.560. The van der Waals surface area contributed by atoms with Crippen LogP contribution in [0.15, 0.2) is 29.3 Å². The number of ether oxygens (including phenoxy) is 1. The summed E-state index contributed by atoms with van der Waals surface area (Å²) in [5.74, 6) is -1.01. The van der Waals surface area contributed by atoms with Crippen molar-refractivity contribution in [2.75, 3.05) is 51.2 Å². The molecule has 34 heavy (non-hydrogen) atoms. The number of nitrogens with one attached hydrogen (secondary N) is 2. The van der Waals surface area contributed by atoms with Gasteiger partial charge in [-0.05, 0) is 48.8 Å². The maximum atomic E-state index is 12.3. The van der Waals surface area contributed by atoms with Crippen molar-refractivity contribution < 1.29 is 24.0 Å². The summed E-state index contributed by atoms with van der Waals surface area (Å²) in [7, 11) is 0. The summed E-state index contributed by atoms with van der Waals surface area (Å²) in [4.78, 5) is 44.3. The number of Topliss-reactive ketones (excluding diaryl/α,β-unsaturated/α-hetero) is 2. The van der Waals surface area contributed by atoms with Crippen LogP contribution in [-0.2, 0) is 14.3 Å². The van der Waals surface area contributed by atoms with Crippen molar-refractivity contribution in [2.45, 2.75) is 33.6 Å². The smallest absolute Gasteiger partial charge is 0.338 e. The Bertz CT molecular complexity index is 917. The van der Waals surface area contributed by atoms with Crippen molar-refractivity contribution in [1.29, 1.82) is 0 Å². The number of hydrogen-bond donors (Lipinski definition) is 2. The van der Waals surface area contributed by atoms with Crippen molar-refractivity contribution in [3.8, 4) is 0 Å². The fourth-order valence-electron chi connectivity index (χ4n) is 4.36. The van der Waals surface area contributed by atoms with Crippen molar-refractivity contribution in [1.82, 2.24) is 4.90 Å². The summed E-state index contributed by atoms with van der Waals surface area (Å²) in [6, 6.07) is 7.09. The number of nitrogens with zero attached hydrogens (tertiary/aromatic N) is 2. The van der Waals surface area contributed by atoms with E-state index in [1.165, 1.54) is 4.90 Å². The highest BCUT2D eigenvalue weighted by molar-refractivity contribution is 7.80. The van der Waals surface area contributed by atoms with Crippen LogP contribution in [0.25, 0.3) is 0 Å². The van der Waals surface area contributed by atoms with Crippen LogP contribution < -0.4 is 10.2 Å². The molecule has 0 atom stereocenters. The molecule has 1 saturated carbocycles. The van der Waals surface area contributed by atoms with E-state index in [0.717, 1.165) is 38.4 Å². The summed E-state index contributed by atoms with van der Waals surface area (Å²) in [5.41, 5.74) is 1.11. The molecule has 2 fully saturated rings. The Morgan fingerprint density at radius 2 is 1.82 bits per heavy atom. The molecule has 1 saturated heterocycles. The molecule has 2 N–H and O–H groups in total. The lowest BCUT2D eigenvalue weighted by Crippen LogP contribution is -3.15. The number of anilines is 1. The number of thiocarbonyl (C=S) groups is 1. The van der Waals surface area contributed by atoms with E-state index in [2.05, 4.69) is 15.2 Å². The van der Waals surface area contributed by atoms with Crippen LogP contribution in [0.5, 0.6) is 0 Å². The Hall–Kier alpha value is -2.65. The normalized spacial score (nSPS) is 19.4. The second-order valence-electron chi connectivity index (χ2n) is 9.70. The third kappa shape index (κ3) is 7.17. The first-order chi connectivity index (χ1) is 16.2. The van der Waals surface area contributed by atoms with Gasteiger partial charge in [-0.25, -0.2) is 4.79 Å². The Morgan fingerprint density at radius 1 is 1.21 bits per heavy atom. The predicted molar refractivity (Wildman–Crippen MR) is 136 cm³/mol. The number of piperazine rings is 1. The Morgan fingerprint density at radius 3 is 2.41 bits per heavy atom. The van der Waals surface area contributed by atoms with Crippen LogP contribution in [0.1, 0.15) is 44.0 Å². The maximum Gasteiger partial charge on any atom is 0.338 e. The fourth-order valence-corrected chi connectivity index (χ4v) is 4.66. The third-order valence-corrected chi connectivity index (χ3v) is 6.61. The number of carbonyl (C=O) groups excluding carboxylic acids is 3. The van der Waals surface area contributed by atoms with Gasteiger partial charge >= 0.3 is 5.97 Å².